The summed E-state index contributed by atoms with van der Waals surface area (Å²) in [6.45, 7) is 2.52. The SMILES string of the molecule is C[C@@H](Cl)C(=O)N(CC(=O)N(Cc1ccccc1)Cc1ccco1)C1CC1. The molecule has 1 aromatic heterocycles. The molecule has 0 unspecified atom stereocenters. The molecule has 2 aromatic rings. The lowest BCUT2D eigenvalue weighted by Gasteiger charge is -2.28. The first-order chi connectivity index (χ1) is 12.5. The number of nitrogens with zero attached hydrogens (tertiary/aromatic N) is 2. The number of halogens is 1. The topological polar surface area (TPSA) is 53.8 Å². The molecule has 138 valence electrons. The number of hydrogen-bond donors (Lipinski definition) is 0. The summed E-state index contributed by atoms with van der Waals surface area (Å²) in [6.07, 6.45) is 3.45. The van der Waals surface area contributed by atoms with Gasteiger partial charge < -0.3 is 14.2 Å². The normalized spacial score (nSPS) is 14.7. The van der Waals surface area contributed by atoms with Crippen molar-refractivity contribution in [2.75, 3.05) is 6.54 Å². The van der Waals surface area contributed by atoms with Crippen LogP contribution in [0.15, 0.2) is 53.1 Å². The number of furan rings is 1. The Balaban J connectivity index is 1.73. The van der Waals surface area contributed by atoms with Crippen molar-refractivity contribution >= 4 is 23.4 Å². The van der Waals surface area contributed by atoms with Crippen molar-refractivity contribution in [3.8, 4) is 0 Å². The van der Waals surface area contributed by atoms with E-state index >= 15 is 0 Å². The molecule has 0 bridgehead atoms. The van der Waals surface area contributed by atoms with Gasteiger partial charge in [0.05, 0.1) is 12.8 Å². The molecule has 0 spiro atoms. The highest BCUT2D eigenvalue weighted by Gasteiger charge is 2.36. The Labute approximate surface area is 158 Å². The van der Waals surface area contributed by atoms with Crippen molar-refractivity contribution in [2.24, 2.45) is 0 Å². The number of carbonyl (C=O) groups excluding carboxylic acids is 2. The first-order valence-electron chi connectivity index (χ1n) is 8.83. The molecule has 0 N–H and O–H groups in total. The summed E-state index contributed by atoms with van der Waals surface area (Å²) in [7, 11) is 0. The Hall–Kier alpha value is -2.27. The van der Waals surface area contributed by atoms with Gasteiger partial charge in [-0.3, -0.25) is 9.59 Å². The van der Waals surface area contributed by atoms with E-state index in [1.165, 1.54) is 0 Å². The Bertz CT molecular complexity index is 727. The van der Waals surface area contributed by atoms with Crippen LogP contribution in [0.2, 0.25) is 0 Å². The monoisotopic (exact) mass is 374 g/mol. The Morgan fingerprint density at radius 1 is 1.15 bits per heavy atom. The minimum Gasteiger partial charge on any atom is -0.467 e. The van der Waals surface area contributed by atoms with Gasteiger partial charge in [0, 0.05) is 12.6 Å². The number of rotatable bonds is 8. The van der Waals surface area contributed by atoms with Gasteiger partial charge in [-0.2, -0.15) is 0 Å². The lowest BCUT2D eigenvalue weighted by molar-refractivity contribution is -0.141. The molecule has 1 fully saturated rings. The van der Waals surface area contributed by atoms with Crippen LogP contribution in [0.5, 0.6) is 0 Å². The molecule has 26 heavy (non-hydrogen) atoms. The van der Waals surface area contributed by atoms with E-state index in [0.717, 1.165) is 18.4 Å². The van der Waals surface area contributed by atoms with Crippen molar-refractivity contribution in [2.45, 2.75) is 44.3 Å². The second-order valence-corrected chi connectivity index (χ2v) is 7.28. The molecule has 2 amide bonds. The number of benzene rings is 1. The average molecular weight is 375 g/mol. The third kappa shape index (κ3) is 4.88. The lowest BCUT2D eigenvalue weighted by Crippen LogP contribution is -2.45. The highest BCUT2D eigenvalue weighted by Crippen LogP contribution is 2.28. The summed E-state index contributed by atoms with van der Waals surface area (Å²) in [5.41, 5.74) is 1.03. The van der Waals surface area contributed by atoms with Gasteiger partial charge in [0.25, 0.3) is 0 Å². The van der Waals surface area contributed by atoms with Gasteiger partial charge in [-0.25, -0.2) is 0 Å². The van der Waals surface area contributed by atoms with E-state index in [4.69, 9.17) is 16.0 Å². The van der Waals surface area contributed by atoms with Crippen LogP contribution in [0.3, 0.4) is 0 Å². The van der Waals surface area contributed by atoms with Crippen molar-refractivity contribution in [3.63, 3.8) is 0 Å². The maximum absolute atomic E-state index is 13.0. The highest BCUT2D eigenvalue weighted by atomic mass is 35.5. The van der Waals surface area contributed by atoms with Crippen LogP contribution < -0.4 is 0 Å². The van der Waals surface area contributed by atoms with E-state index in [1.54, 1.807) is 29.1 Å². The van der Waals surface area contributed by atoms with Crippen LogP contribution in [-0.2, 0) is 22.7 Å². The third-order valence-corrected chi connectivity index (χ3v) is 4.60. The molecule has 3 rings (SSSR count). The van der Waals surface area contributed by atoms with Gasteiger partial charge in [0.2, 0.25) is 11.8 Å². The molecular weight excluding hydrogens is 352 g/mol. The smallest absolute Gasteiger partial charge is 0.242 e. The molecule has 5 nitrogen and oxygen atoms in total. The molecule has 0 aliphatic heterocycles. The second-order valence-electron chi connectivity index (χ2n) is 6.63. The van der Waals surface area contributed by atoms with Crippen molar-refractivity contribution in [1.82, 2.24) is 9.80 Å². The summed E-state index contributed by atoms with van der Waals surface area (Å²) in [5.74, 6) is 0.423. The summed E-state index contributed by atoms with van der Waals surface area (Å²) in [5, 5.41) is -0.629. The minimum absolute atomic E-state index is 0.0497. The molecular formula is C20H23ClN2O3. The molecule has 1 aliphatic carbocycles. The van der Waals surface area contributed by atoms with Crippen molar-refractivity contribution < 1.29 is 14.0 Å². The maximum Gasteiger partial charge on any atom is 0.242 e. The van der Waals surface area contributed by atoms with Gasteiger partial charge in [-0.05, 0) is 37.5 Å². The first kappa shape index (κ1) is 18.5. The van der Waals surface area contributed by atoms with E-state index in [-0.39, 0.29) is 24.4 Å². The Morgan fingerprint density at radius 3 is 2.46 bits per heavy atom. The molecule has 6 heteroatoms. The zero-order chi connectivity index (χ0) is 18.5. The van der Waals surface area contributed by atoms with Crippen molar-refractivity contribution in [3.05, 3.63) is 60.1 Å². The summed E-state index contributed by atoms with van der Waals surface area (Å²) in [6, 6.07) is 13.6. The number of hydrogen-bond acceptors (Lipinski definition) is 3. The standard InChI is InChI=1S/C20H23ClN2O3/c1-15(21)20(25)23(17-9-10-17)14-19(24)22(13-18-8-5-11-26-18)12-16-6-3-2-4-7-16/h2-8,11,15,17H,9-10,12-14H2,1H3/t15-/m1/s1. The van der Waals surface area contributed by atoms with E-state index in [2.05, 4.69) is 0 Å². The molecule has 0 radical (unpaired) electrons. The van der Waals surface area contributed by atoms with Crippen LogP contribution in [0, 0.1) is 0 Å². The van der Waals surface area contributed by atoms with Gasteiger partial charge in [0.1, 0.15) is 17.7 Å². The van der Waals surface area contributed by atoms with E-state index < -0.39 is 5.38 Å². The summed E-state index contributed by atoms with van der Waals surface area (Å²) < 4.78 is 5.41. The zero-order valence-corrected chi connectivity index (χ0v) is 15.6. The minimum atomic E-state index is -0.629. The highest BCUT2D eigenvalue weighted by molar-refractivity contribution is 6.30. The molecule has 1 atom stereocenters. The largest absolute Gasteiger partial charge is 0.467 e. The fraction of sp³-hybridized carbons (Fsp3) is 0.400. The molecule has 1 aliphatic rings. The lowest BCUT2D eigenvalue weighted by atomic mass is 10.2. The third-order valence-electron chi connectivity index (χ3n) is 4.41. The van der Waals surface area contributed by atoms with Crippen LogP contribution >= 0.6 is 11.6 Å². The van der Waals surface area contributed by atoms with Crippen molar-refractivity contribution in [1.29, 1.82) is 0 Å². The molecule has 0 saturated heterocycles. The zero-order valence-electron chi connectivity index (χ0n) is 14.8. The second kappa shape index (κ2) is 8.41. The number of alkyl halides is 1. The van der Waals surface area contributed by atoms with Gasteiger partial charge in [0.15, 0.2) is 0 Å². The molecule has 1 heterocycles. The summed E-state index contributed by atoms with van der Waals surface area (Å²) >= 11 is 5.97. The molecule has 1 saturated carbocycles. The number of amides is 2. The Kier molecular flexibility index (Phi) is 5.99. The molecule has 1 aromatic carbocycles. The predicted molar refractivity (Wildman–Crippen MR) is 99.5 cm³/mol. The predicted octanol–water partition coefficient (Wildman–Crippen LogP) is 3.43. The Morgan fingerprint density at radius 2 is 1.88 bits per heavy atom. The van der Waals surface area contributed by atoms with E-state index in [9.17, 15) is 9.59 Å². The average Bonchev–Trinajstić information content (AvgIpc) is 3.35. The maximum atomic E-state index is 13.0. The number of carbonyl (C=O) groups is 2. The quantitative estimate of drug-likeness (QED) is 0.665. The van der Waals surface area contributed by atoms with E-state index in [1.807, 2.05) is 36.4 Å². The fourth-order valence-corrected chi connectivity index (χ4v) is 3.00. The van der Waals surface area contributed by atoms with Crippen LogP contribution in [0.1, 0.15) is 31.1 Å². The van der Waals surface area contributed by atoms with E-state index in [0.29, 0.717) is 18.8 Å². The van der Waals surface area contributed by atoms with Crippen LogP contribution in [0.4, 0.5) is 0 Å². The van der Waals surface area contributed by atoms with Crippen LogP contribution in [0.25, 0.3) is 0 Å². The first-order valence-corrected chi connectivity index (χ1v) is 9.27. The van der Waals surface area contributed by atoms with Crippen LogP contribution in [-0.4, -0.2) is 39.6 Å². The summed E-state index contributed by atoms with van der Waals surface area (Å²) in [4.78, 5) is 28.7. The van der Waals surface area contributed by atoms with Gasteiger partial charge in [-0.1, -0.05) is 30.3 Å². The van der Waals surface area contributed by atoms with Gasteiger partial charge in [-0.15, -0.1) is 11.6 Å². The fourth-order valence-electron chi connectivity index (χ4n) is 2.87. The van der Waals surface area contributed by atoms with Gasteiger partial charge >= 0.3 is 0 Å².